The normalized spacial score (nSPS) is 18.2. The molecule has 2 rings (SSSR count). The Bertz CT molecular complexity index is 364. The third-order valence-corrected chi connectivity index (χ3v) is 3.48. The lowest BCUT2D eigenvalue weighted by molar-refractivity contribution is -0.127. The molecule has 1 aliphatic rings. The highest BCUT2D eigenvalue weighted by molar-refractivity contribution is 7.08. The first kappa shape index (κ1) is 11.4. The van der Waals surface area contributed by atoms with Gasteiger partial charge in [0, 0.05) is 32.3 Å². The molecule has 1 saturated heterocycles. The summed E-state index contributed by atoms with van der Waals surface area (Å²) in [4.78, 5) is 16.0. The van der Waals surface area contributed by atoms with Gasteiger partial charge in [-0.15, -0.1) is 0 Å². The number of amides is 1. The van der Waals surface area contributed by atoms with Gasteiger partial charge in [-0.2, -0.15) is 11.3 Å². The fraction of sp³-hybridized carbons (Fsp3) is 0.417. The predicted octanol–water partition coefficient (Wildman–Crippen LogP) is 1.54. The zero-order valence-corrected chi connectivity index (χ0v) is 10.2. The van der Waals surface area contributed by atoms with Crippen LogP contribution in [0.3, 0.4) is 0 Å². The van der Waals surface area contributed by atoms with E-state index in [9.17, 15) is 4.79 Å². The van der Waals surface area contributed by atoms with Crippen LogP contribution in [0, 0.1) is 0 Å². The number of likely N-dealkylation sites (N-methyl/N-ethyl adjacent to an activating group) is 1. The van der Waals surface area contributed by atoms with E-state index < -0.39 is 0 Å². The van der Waals surface area contributed by atoms with E-state index in [0.29, 0.717) is 0 Å². The number of carbonyl (C=O) groups excluding carboxylic acids is 1. The molecule has 0 unspecified atom stereocenters. The Morgan fingerprint density at radius 1 is 1.38 bits per heavy atom. The van der Waals surface area contributed by atoms with Crippen molar-refractivity contribution in [1.82, 2.24) is 9.80 Å². The molecule has 1 fully saturated rings. The molecule has 1 aliphatic heterocycles. The Balaban J connectivity index is 1.88. The first-order valence-corrected chi connectivity index (χ1v) is 6.38. The quantitative estimate of drug-likeness (QED) is 0.727. The van der Waals surface area contributed by atoms with Gasteiger partial charge in [0.15, 0.2) is 0 Å². The minimum Gasteiger partial charge on any atom is -0.337 e. The predicted molar refractivity (Wildman–Crippen MR) is 67.4 cm³/mol. The fourth-order valence-corrected chi connectivity index (χ4v) is 2.30. The Kier molecular flexibility index (Phi) is 3.74. The van der Waals surface area contributed by atoms with Gasteiger partial charge in [0.2, 0.25) is 5.91 Å². The van der Waals surface area contributed by atoms with Crippen molar-refractivity contribution in [2.75, 3.05) is 33.2 Å². The van der Waals surface area contributed by atoms with Crippen LogP contribution in [0.2, 0.25) is 0 Å². The minimum atomic E-state index is 0.124. The molecule has 3 nitrogen and oxygen atoms in total. The number of hydrogen-bond acceptors (Lipinski definition) is 3. The molecule has 0 saturated carbocycles. The van der Waals surface area contributed by atoms with Crippen molar-refractivity contribution in [1.29, 1.82) is 0 Å². The minimum absolute atomic E-state index is 0.124. The second-order valence-electron chi connectivity index (χ2n) is 4.02. The number of carbonyl (C=O) groups is 1. The van der Waals surface area contributed by atoms with E-state index in [0.717, 1.165) is 31.7 Å². The van der Waals surface area contributed by atoms with Gasteiger partial charge in [0.25, 0.3) is 0 Å². The summed E-state index contributed by atoms with van der Waals surface area (Å²) in [5.74, 6) is 0.124. The zero-order chi connectivity index (χ0) is 11.4. The summed E-state index contributed by atoms with van der Waals surface area (Å²) < 4.78 is 0. The summed E-state index contributed by atoms with van der Waals surface area (Å²) in [5, 5.41) is 4.05. The molecule has 1 aromatic heterocycles. The maximum Gasteiger partial charge on any atom is 0.246 e. The molecule has 0 N–H and O–H groups in total. The molecule has 1 amide bonds. The highest BCUT2D eigenvalue weighted by Gasteiger charge is 2.16. The molecular weight excluding hydrogens is 220 g/mol. The summed E-state index contributed by atoms with van der Waals surface area (Å²) in [6.45, 7) is 3.61. The first-order chi connectivity index (χ1) is 7.75. The largest absolute Gasteiger partial charge is 0.337 e. The van der Waals surface area contributed by atoms with E-state index in [1.165, 1.54) is 0 Å². The third kappa shape index (κ3) is 2.93. The Hall–Kier alpha value is -1.13. The molecule has 16 heavy (non-hydrogen) atoms. The van der Waals surface area contributed by atoms with Crippen molar-refractivity contribution in [3.8, 4) is 0 Å². The van der Waals surface area contributed by atoms with Crippen LogP contribution in [-0.2, 0) is 4.79 Å². The van der Waals surface area contributed by atoms with E-state index in [1.54, 1.807) is 17.4 Å². The summed E-state index contributed by atoms with van der Waals surface area (Å²) >= 11 is 1.64. The molecule has 86 valence electrons. The van der Waals surface area contributed by atoms with Gasteiger partial charge < -0.3 is 9.80 Å². The molecule has 0 aromatic carbocycles. The van der Waals surface area contributed by atoms with Crippen LogP contribution < -0.4 is 0 Å². The van der Waals surface area contributed by atoms with Crippen molar-refractivity contribution >= 4 is 23.3 Å². The molecule has 1 aromatic rings. The molecule has 0 aliphatic carbocycles. The van der Waals surface area contributed by atoms with Gasteiger partial charge in [0.1, 0.15) is 0 Å². The molecule has 0 atom stereocenters. The standard InChI is InChI=1S/C12H16N2OS/c1-13-5-7-14(8-6-13)12(15)3-2-11-4-9-16-10-11/h2-4,9-10H,5-8H2,1H3/b3-2+. The molecule has 0 radical (unpaired) electrons. The lowest BCUT2D eigenvalue weighted by atomic mass is 10.2. The van der Waals surface area contributed by atoms with E-state index >= 15 is 0 Å². The summed E-state index contributed by atoms with van der Waals surface area (Å²) in [6.07, 6.45) is 3.56. The van der Waals surface area contributed by atoms with Gasteiger partial charge in [-0.1, -0.05) is 0 Å². The second kappa shape index (κ2) is 5.27. The van der Waals surface area contributed by atoms with Crippen LogP contribution in [0.1, 0.15) is 5.56 Å². The molecular formula is C12H16N2OS. The average Bonchev–Trinajstić information content (AvgIpc) is 2.80. The SMILES string of the molecule is CN1CCN(C(=O)/C=C/c2ccsc2)CC1. The number of hydrogen-bond donors (Lipinski definition) is 0. The van der Waals surface area contributed by atoms with Crippen molar-refractivity contribution < 1.29 is 4.79 Å². The number of piperazine rings is 1. The number of thiophene rings is 1. The zero-order valence-electron chi connectivity index (χ0n) is 9.43. The lowest BCUT2D eigenvalue weighted by Gasteiger charge is -2.31. The van der Waals surface area contributed by atoms with Crippen LogP contribution in [0.5, 0.6) is 0 Å². The Morgan fingerprint density at radius 2 is 2.12 bits per heavy atom. The van der Waals surface area contributed by atoms with Gasteiger partial charge in [0.05, 0.1) is 0 Å². The number of nitrogens with zero attached hydrogens (tertiary/aromatic N) is 2. The average molecular weight is 236 g/mol. The molecule has 4 heteroatoms. The van der Waals surface area contributed by atoms with E-state index in [4.69, 9.17) is 0 Å². The molecule has 2 heterocycles. The Morgan fingerprint density at radius 3 is 2.75 bits per heavy atom. The van der Waals surface area contributed by atoms with Crippen molar-refractivity contribution in [2.45, 2.75) is 0 Å². The summed E-state index contributed by atoms with van der Waals surface area (Å²) in [6, 6.07) is 2.01. The van der Waals surface area contributed by atoms with Gasteiger partial charge in [-0.25, -0.2) is 0 Å². The molecule has 0 spiro atoms. The van der Waals surface area contributed by atoms with Crippen LogP contribution in [0.15, 0.2) is 22.9 Å². The van der Waals surface area contributed by atoms with E-state index in [-0.39, 0.29) is 5.91 Å². The van der Waals surface area contributed by atoms with Crippen LogP contribution in [-0.4, -0.2) is 48.9 Å². The van der Waals surface area contributed by atoms with Crippen molar-refractivity contribution in [3.63, 3.8) is 0 Å². The third-order valence-electron chi connectivity index (χ3n) is 2.78. The second-order valence-corrected chi connectivity index (χ2v) is 4.80. The molecule has 0 bridgehead atoms. The highest BCUT2D eigenvalue weighted by atomic mass is 32.1. The van der Waals surface area contributed by atoms with Crippen LogP contribution in [0.4, 0.5) is 0 Å². The topological polar surface area (TPSA) is 23.6 Å². The lowest BCUT2D eigenvalue weighted by Crippen LogP contribution is -2.46. The van der Waals surface area contributed by atoms with Crippen molar-refractivity contribution in [3.05, 3.63) is 28.5 Å². The fourth-order valence-electron chi connectivity index (χ4n) is 1.67. The smallest absolute Gasteiger partial charge is 0.246 e. The van der Waals surface area contributed by atoms with E-state index in [1.807, 2.05) is 27.8 Å². The maximum atomic E-state index is 11.8. The first-order valence-electron chi connectivity index (χ1n) is 5.43. The van der Waals surface area contributed by atoms with Gasteiger partial charge in [-0.3, -0.25) is 4.79 Å². The number of rotatable bonds is 2. The van der Waals surface area contributed by atoms with E-state index in [2.05, 4.69) is 11.9 Å². The van der Waals surface area contributed by atoms with Crippen molar-refractivity contribution in [2.24, 2.45) is 0 Å². The summed E-state index contributed by atoms with van der Waals surface area (Å²) in [5.41, 5.74) is 1.10. The Labute approximate surface area is 100.0 Å². The summed E-state index contributed by atoms with van der Waals surface area (Å²) in [7, 11) is 2.09. The van der Waals surface area contributed by atoms with Crippen LogP contribution in [0.25, 0.3) is 6.08 Å². The monoisotopic (exact) mass is 236 g/mol. The van der Waals surface area contributed by atoms with Gasteiger partial charge in [-0.05, 0) is 35.5 Å². The highest BCUT2D eigenvalue weighted by Crippen LogP contribution is 2.08. The maximum absolute atomic E-state index is 11.8. The van der Waals surface area contributed by atoms with Gasteiger partial charge >= 0.3 is 0 Å². The van der Waals surface area contributed by atoms with Crippen LogP contribution >= 0.6 is 11.3 Å².